The molecule has 0 saturated heterocycles. The number of hydrogen-bond acceptors (Lipinski definition) is 2. The van der Waals surface area contributed by atoms with Crippen LogP contribution in [-0.2, 0) is 4.74 Å². The largest absolute Gasteiger partial charge is 0.411 e. The predicted octanol–water partition coefficient (Wildman–Crippen LogP) is 1.76. The average molecular weight is 393 g/mol. The van der Waals surface area contributed by atoms with Crippen molar-refractivity contribution in [1.29, 1.82) is 0 Å². The maximum absolute atomic E-state index is 11.7. The first-order valence-electron chi connectivity index (χ1n) is 5.59. The molecule has 0 radical (unpaired) electrons. The van der Waals surface area contributed by atoms with Crippen molar-refractivity contribution >= 4 is 29.9 Å². The summed E-state index contributed by atoms with van der Waals surface area (Å²) < 4.78 is 39.7. The first-order valence-corrected chi connectivity index (χ1v) is 5.59. The van der Waals surface area contributed by atoms with Crippen LogP contribution in [0, 0.1) is 12.3 Å². The van der Waals surface area contributed by atoms with Crippen LogP contribution in [0.15, 0.2) is 4.99 Å². The fourth-order valence-electron chi connectivity index (χ4n) is 1.02. The van der Waals surface area contributed by atoms with E-state index < -0.39 is 12.8 Å². The summed E-state index contributed by atoms with van der Waals surface area (Å²) in [5, 5.41) is 5.82. The number of hydrogen-bond donors (Lipinski definition) is 2. The molecular formula is C11H19F3IN3O. The molecule has 0 aromatic rings. The topological polar surface area (TPSA) is 45.7 Å². The Morgan fingerprint density at radius 1 is 1.37 bits per heavy atom. The van der Waals surface area contributed by atoms with Crippen LogP contribution < -0.4 is 10.6 Å². The molecule has 0 spiro atoms. The lowest BCUT2D eigenvalue weighted by atomic mass is 10.4. The van der Waals surface area contributed by atoms with Gasteiger partial charge in [-0.25, -0.2) is 0 Å². The van der Waals surface area contributed by atoms with E-state index in [1.165, 1.54) is 0 Å². The fraction of sp³-hybridized carbons (Fsp3) is 0.727. The summed E-state index contributed by atoms with van der Waals surface area (Å²) in [7, 11) is 0. The minimum atomic E-state index is -4.27. The van der Waals surface area contributed by atoms with Crippen LogP contribution in [0.2, 0.25) is 0 Å². The van der Waals surface area contributed by atoms with Gasteiger partial charge in [-0.1, -0.05) is 5.92 Å². The van der Waals surface area contributed by atoms with Crippen LogP contribution in [-0.4, -0.2) is 45.0 Å². The van der Waals surface area contributed by atoms with E-state index in [4.69, 9.17) is 6.42 Å². The molecule has 0 amide bonds. The van der Waals surface area contributed by atoms with E-state index in [1.807, 2.05) is 6.92 Å². The molecule has 4 nitrogen and oxygen atoms in total. The second-order valence-electron chi connectivity index (χ2n) is 3.34. The third kappa shape index (κ3) is 15.3. The fourth-order valence-corrected chi connectivity index (χ4v) is 1.02. The zero-order valence-corrected chi connectivity index (χ0v) is 13.0. The van der Waals surface area contributed by atoms with E-state index >= 15 is 0 Å². The minimum Gasteiger partial charge on any atom is -0.372 e. The number of nitrogens with one attached hydrogen (secondary N) is 2. The lowest BCUT2D eigenvalue weighted by Crippen LogP contribution is -2.37. The Balaban J connectivity index is 0. The van der Waals surface area contributed by atoms with Crippen molar-refractivity contribution < 1.29 is 17.9 Å². The van der Waals surface area contributed by atoms with Gasteiger partial charge in [-0.05, 0) is 13.3 Å². The third-order valence-corrected chi connectivity index (χ3v) is 1.68. The molecule has 0 rings (SSSR count). The van der Waals surface area contributed by atoms with Crippen molar-refractivity contribution in [3.05, 3.63) is 0 Å². The van der Waals surface area contributed by atoms with Crippen LogP contribution in [0.25, 0.3) is 0 Å². The number of nitrogens with zero attached hydrogens (tertiary/aromatic N) is 1. The van der Waals surface area contributed by atoms with Gasteiger partial charge < -0.3 is 15.4 Å². The van der Waals surface area contributed by atoms with E-state index in [0.29, 0.717) is 32.0 Å². The molecule has 0 fully saturated rings. The van der Waals surface area contributed by atoms with Gasteiger partial charge in [-0.2, -0.15) is 13.2 Å². The molecule has 0 aliphatic rings. The number of rotatable bonds is 7. The van der Waals surface area contributed by atoms with Crippen LogP contribution in [0.5, 0.6) is 0 Å². The summed E-state index contributed by atoms with van der Waals surface area (Å²) in [5.41, 5.74) is 0. The number of guanidine groups is 1. The van der Waals surface area contributed by atoms with E-state index in [-0.39, 0.29) is 30.6 Å². The van der Waals surface area contributed by atoms with Gasteiger partial charge in [0, 0.05) is 19.7 Å². The SMILES string of the molecule is C#CCNC(=NCCCOCC(F)(F)F)NCC.I. The molecule has 0 unspecified atom stereocenters. The van der Waals surface area contributed by atoms with Gasteiger partial charge >= 0.3 is 6.18 Å². The second-order valence-corrected chi connectivity index (χ2v) is 3.34. The van der Waals surface area contributed by atoms with Crippen LogP contribution in [0.1, 0.15) is 13.3 Å². The zero-order valence-electron chi connectivity index (χ0n) is 10.7. The molecule has 19 heavy (non-hydrogen) atoms. The summed E-state index contributed by atoms with van der Waals surface area (Å²) in [5.74, 6) is 2.95. The van der Waals surface area contributed by atoms with Gasteiger partial charge in [0.2, 0.25) is 0 Å². The van der Waals surface area contributed by atoms with Crippen LogP contribution in [0.4, 0.5) is 13.2 Å². The Morgan fingerprint density at radius 2 is 2.05 bits per heavy atom. The normalized spacial score (nSPS) is 11.4. The van der Waals surface area contributed by atoms with E-state index in [0.717, 1.165) is 0 Å². The van der Waals surface area contributed by atoms with Crippen molar-refractivity contribution in [2.75, 3.05) is 32.8 Å². The summed E-state index contributed by atoms with van der Waals surface area (Å²) in [4.78, 5) is 4.12. The Labute approximate surface area is 128 Å². The molecule has 8 heteroatoms. The molecule has 0 aliphatic carbocycles. The van der Waals surface area contributed by atoms with Gasteiger partial charge in [0.15, 0.2) is 5.96 Å². The number of halogens is 4. The summed E-state index contributed by atoms with van der Waals surface area (Å²) in [6.07, 6.45) is 1.23. The minimum absolute atomic E-state index is 0. The number of terminal acetylenes is 1. The first-order chi connectivity index (χ1) is 8.49. The second kappa shape index (κ2) is 12.3. The third-order valence-electron chi connectivity index (χ3n) is 1.68. The molecule has 112 valence electrons. The molecule has 2 N–H and O–H groups in total. The standard InChI is InChI=1S/C11H18F3N3O.HI/c1-3-6-16-10(15-4-2)17-7-5-8-18-9-11(12,13)14;/h1H,4-9H2,2H3,(H2,15,16,17);1H. The van der Waals surface area contributed by atoms with E-state index in [2.05, 4.69) is 26.3 Å². The smallest absolute Gasteiger partial charge is 0.372 e. The molecule has 0 atom stereocenters. The molecule has 0 aliphatic heterocycles. The van der Waals surface area contributed by atoms with Crippen molar-refractivity contribution in [1.82, 2.24) is 10.6 Å². The molecule has 0 heterocycles. The van der Waals surface area contributed by atoms with Crippen molar-refractivity contribution in [3.8, 4) is 12.3 Å². The van der Waals surface area contributed by atoms with Gasteiger partial charge in [-0.15, -0.1) is 30.4 Å². The Kier molecular flexibility index (Phi) is 13.4. The maximum atomic E-state index is 11.7. The number of aliphatic imine (C=N–C) groups is 1. The quantitative estimate of drug-likeness (QED) is 0.228. The van der Waals surface area contributed by atoms with E-state index in [1.54, 1.807) is 0 Å². The van der Waals surface area contributed by atoms with Crippen LogP contribution >= 0.6 is 24.0 Å². The lowest BCUT2D eigenvalue weighted by molar-refractivity contribution is -0.173. The lowest BCUT2D eigenvalue weighted by Gasteiger charge is -2.09. The molecule has 0 bridgehead atoms. The molecule has 0 saturated carbocycles. The van der Waals surface area contributed by atoms with Crippen molar-refractivity contribution in [3.63, 3.8) is 0 Å². The monoisotopic (exact) mass is 393 g/mol. The zero-order chi connectivity index (χ0) is 13.9. The van der Waals surface area contributed by atoms with Gasteiger partial charge in [-0.3, -0.25) is 4.99 Å². The molecule has 0 aromatic heterocycles. The Morgan fingerprint density at radius 3 is 2.58 bits per heavy atom. The maximum Gasteiger partial charge on any atom is 0.411 e. The van der Waals surface area contributed by atoms with Crippen molar-refractivity contribution in [2.45, 2.75) is 19.5 Å². The van der Waals surface area contributed by atoms with Crippen molar-refractivity contribution in [2.24, 2.45) is 4.99 Å². The highest BCUT2D eigenvalue weighted by Crippen LogP contribution is 2.14. The highest BCUT2D eigenvalue weighted by atomic mass is 127. The summed E-state index contributed by atoms with van der Waals surface area (Å²) in [6.45, 7) is 2.11. The molecule has 0 aromatic carbocycles. The first kappa shape index (κ1) is 20.6. The van der Waals surface area contributed by atoms with Crippen LogP contribution in [0.3, 0.4) is 0 Å². The van der Waals surface area contributed by atoms with E-state index in [9.17, 15) is 13.2 Å². The Bertz CT molecular complexity index is 290. The Hall–Kier alpha value is -0.690. The highest BCUT2D eigenvalue weighted by molar-refractivity contribution is 14.0. The summed E-state index contributed by atoms with van der Waals surface area (Å²) >= 11 is 0. The summed E-state index contributed by atoms with van der Waals surface area (Å²) in [6, 6.07) is 0. The highest BCUT2D eigenvalue weighted by Gasteiger charge is 2.27. The predicted molar refractivity (Wildman–Crippen MR) is 79.7 cm³/mol. The number of ether oxygens (including phenoxy) is 1. The molecular weight excluding hydrogens is 374 g/mol. The van der Waals surface area contributed by atoms with Gasteiger partial charge in [0.05, 0.1) is 6.54 Å². The number of alkyl halides is 3. The average Bonchev–Trinajstić information content (AvgIpc) is 2.29. The van der Waals surface area contributed by atoms with Gasteiger partial charge in [0.1, 0.15) is 6.61 Å². The van der Waals surface area contributed by atoms with Gasteiger partial charge in [0.25, 0.3) is 0 Å².